The second kappa shape index (κ2) is 5.15. The second-order valence-corrected chi connectivity index (χ2v) is 6.11. The predicted molar refractivity (Wildman–Crippen MR) is 83.3 cm³/mol. The minimum atomic E-state index is -0.652. The summed E-state index contributed by atoms with van der Waals surface area (Å²) in [4.78, 5) is 22.0. The van der Waals surface area contributed by atoms with E-state index in [2.05, 4.69) is 5.32 Å². The van der Waals surface area contributed by atoms with Gasteiger partial charge in [-0.05, 0) is 18.6 Å². The van der Waals surface area contributed by atoms with Crippen LogP contribution in [-0.2, 0) is 0 Å². The highest BCUT2D eigenvalue weighted by atomic mass is 35.5. The fourth-order valence-corrected chi connectivity index (χ4v) is 3.60. The number of nitro benzene ring substituents is 2. The average molecular weight is 338 g/mol. The van der Waals surface area contributed by atoms with Crippen molar-refractivity contribution in [3.8, 4) is 0 Å². The highest BCUT2D eigenvalue weighted by Gasteiger charge is 2.30. The Hall–Kier alpha value is -2.32. The van der Waals surface area contributed by atoms with Gasteiger partial charge in [0.25, 0.3) is 5.69 Å². The molecule has 1 aliphatic heterocycles. The molecule has 0 amide bonds. The summed E-state index contributed by atoms with van der Waals surface area (Å²) in [6.07, 6.45) is 0. The van der Waals surface area contributed by atoms with E-state index >= 15 is 0 Å². The van der Waals surface area contributed by atoms with Crippen molar-refractivity contribution in [2.75, 3.05) is 5.32 Å². The van der Waals surface area contributed by atoms with Crippen LogP contribution in [0.5, 0.6) is 0 Å². The lowest BCUT2D eigenvalue weighted by atomic mass is 10.1. The first kappa shape index (κ1) is 14.6. The van der Waals surface area contributed by atoms with Crippen LogP contribution in [0.4, 0.5) is 22.7 Å². The number of halogens is 1. The Bertz CT molecular complexity index is 841. The zero-order valence-electron chi connectivity index (χ0n) is 11.1. The molecule has 2 aromatic carbocycles. The maximum Gasteiger partial charge on any atom is 0.300 e. The Kier molecular flexibility index (Phi) is 3.42. The quantitative estimate of drug-likeness (QED) is 0.538. The Morgan fingerprint density at radius 3 is 2.50 bits per heavy atom. The lowest BCUT2D eigenvalue weighted by Crippen LogP contribution is -2.06. The van der Waals surface area contributed by atoms with E-state index in [9.17, 15) is 20.2 Å². The SMILES string of the molecule is Cc1ccc(Cl)c2c1Nc1c(cc([N+](=O)[O-])cc1[N+](=O)[O-])S2. The molecule has 1 N–H and O–H groups in total. The number of fused-ring (bicyclic) bond motifs is 2. The maximum atomic E-state index is 11.2. The molecule has 112 valence electrons. The van der Waals surface area contributed by atoms with E-state index in [0.717, 1.165) is 11.6 Å². The predicted octanol–water partition coefficient (Wildman–Crippen LogP) is 4.67. The minimum absolute atomic E-state index is 0.249. The molecule has 0 aromatic heterocycles. The summed E-state index contributed by atoms with van der Waals surface area (Å²) >= 11 is 7.34. The van der Waals surface area contributed by atoms with Gasteiger partial charge in [-0.3, -0.25) is 20.2 Å². The molecule has 7 nitrogen and oxygen atoms in total. The average Bonchev–Trinajstić information content (AvgIpc) is 2.48. The molecular formula is C13H8ClN3O4S. The topological polar surface area (TPSA) is 98.3 Å². The number of rotatable bonds is 2. The van der Waals surface area contributed by atoms with E-state index in [4.69, 9.17) is 11.6 Å². The zero-order chi connectivity index (χ0) is 16.0. The van der Waals surface area contributed by atoms with Gasteiger partial charge in [0.05, 0.1) is 31.5 Å². The fourth-order valence-electron chi connectivity index (χ4n) is 2.19. The number of hydrogen-bond donors (Lipinski definition) is 1. The fraction of sp³-hybridized carbons (Fsp3) is 0.0769. The van der Waals surface area contributed by atoms with Crippen molar-refractivity contribution >= 4 is 46.1 Å². The Balaban J connectivity index is 2.24. The first-order valence-electron chi connectivity index (χ1n) is 6.09. The van der Waals surface area contributed by atoms with Crippen molar-refractivity contribution in [3.05, 3.63) is 55.1 Å². The molecule has 1 aliphatic rings. The van der Waals surface area contributed by atoms with Gasteiger partial charge in [0.1, 0.15) is 5.69 Å². The number of non-ortho nitro benzene ring substituents is 1. The summed E-state index contributed by atoms with van der Waals surface area (Å²) < 4.78 is 0. The molecule has 3 rings (SSSR count). The van der Waals surface area contributed by atoms with Gasteiger partial charge in [-0.15, -0.1) is 0 Å². The number of benzene rings is 2. The molecule has 0 radical (unpaired) electrons. The Morgan fingerprint density at radius 1 is 1.14 bits per heavy atom. The largest absolute Gasteiger partial charge is 0.348 e. The molecule has 0 unspecified atom stereocenters. The molecule has 0 atom stereocenters. The van der Waals surface area contributed by atoms with Gasteiger partial charge < -0.3 is 5.32 Å². The number of hydrogen-bond acceptors (Lipinski definition) is 6. The highest BCUT2D eigenvalue weighted by molar-refractivity contribution is 8.00. The molecule has 22 heavy (non-hydrogen) atoms. The van der Waals surface area contributed by atoms with E-state index in [0.29, 0.717) is 20.5 Å². The lowest BCUT2D eigenvalue weighted by Gasteiger charge is -2.22. The third kappa shape index (κ3) is 2.26. The monoisotopic (exact) mass is 337 g/mol. The lowest BCUT2D eigenvalue weighted by molar-refractivity contribution is -0.393. The summed E-state index contributed by atoms with van der Waals surface area (Å²) in [6, 6.07) is 5.79. The van der Waals surface area contributed by atoms with Crippen molar-refractivity contribution in [3.63, 3.8) is 0 Å². The number of nitrogens with one attached hydrogen (secondary N) is 1. The Morgan fingerprint density at radius 2 is 1.86 bits per heavy atom. The first-order chi connectivity index (χ1) is 10.4. The van der Waals surface area contributed by atoms with Gasteiger partial charge in [-0.25, -0.2) is 0 Å². The molecule has 0 bridgehead atoms. The summed E-state index contributed by atoms with van der Waals surface area (Å²) in [5.41, 5.74) is 1.15. The van der Waals surface area contributed by atoms with Crippen LogP contribution in [0.2, 0.25) is 5.02 Å². The molecular weight excluding hydrogens is 330 g/mol. The standard InChI is InChI=1S/C13H8ClN3O4S/c1-6-2-3-8(14)13-11(6)15-12-9(17(20)21)4-7(16(18)19)5-10(12)22-13/h2-5,15H,1H3. The molecule has 0 spiro atoms. The minimum Gasteiger partial charge on any atom is -0.348 e. The number of nitrogens with zero attached hydrogens (tertiary/aromatic N) is 2. The van der Waals surface area contributed by atoms with Crippen LogP contribution in [-0.4, -0.2) is 9.85 Å². The summed E-state index contributed by atoms with van der Waals surface area (Å²) in [5.74, 6) is 0. The van der Waals surface area contributed by atoms with E-state index in [1.165, 1.54) is 17.8 Å². The van der Waals surface area contributed by atoms with Gasteiger partial charge in [0.15, 0.2) is 0 Å². The van der Waals surface area contributed by atoms with Crippen molar-refractivity contribution in [1.82, 2.24) is 0 Å². The smallest absolute Gasteiger partial charge is 0.300 e. The van der Waals surface area contributed by atoms with E-state index in [-0.39, 0.29) is 17.1 Å². The second-order valence-electron chi connectivity index (χ2n) is 4.65. The van der Waals surface area contributed by atoms with Crippen LogP contribution in [0.15, 0.2) is 34.1 Å². The van der Waals surface area contributed by atoms with Crippen LogP contribution in [0.3, 0.4) is 0 Å². The van der Waals surface area contributed by atoms with Crippen LogP contribution in [0.25, 0.3) is 0 Å². The Labute approximate surface area is 133 Å². The van der Waals surface area contributed by atoms with Gasteiger partial charge >= 0.3 is 5.69 Å². The summed E-state index contributed by atoms with van der Waals surface area (Å²) in [6.45, 7) is 1.85. The number of anilines is 2. The zero-order valence-corrected chi connectivity index (χ0v) is 12.7. The normalized spacial score (nSPS) is 12.1. The third-order valence-electron chi connectivity index (χ3n) is 3.25. The third-order valence-corrected chi connectivity index (χ3v) is 4.85. The van der Waals surface area contributed by atoms with Crippen molar-refractivity contribution in [2.24, 2.45) is 0 Å². The van der Waals surface area contributed by atoms with Crippen molar-refractivity contribution in [1.29, 1.82) is 0 Å². The van der Waals surface area contributed by atoms with Crippen molar-refractivity contribution < 1.29 is 9.85 Å². The van der Waals surface area contributed by atoms with Crippen molar-refractivity contribution in [2.45, 2.75) is 16.7 Å². The molecule has 0 saturated heterocycles. The summed E-state index contributed by atoms with van der Waals surface area (Å²) in [7, 11) is 0. The van der Waals surface area contributed by atoms with Gasteiger partial charge in [0.2, 0.25) is 0 Å². The van der Waals surface area contributed by atoms with Gasteiger partial charge in [-0.1, -0.05) is 29.4 Å². The number of nitro groups is 2. The van der Waals surface area contributed by atoms with E-state index < -0.39 is 9.85 Å². The van der Waals surface area contributed by atoms with Crippen LogP contribution >= 0.6 is 23.4 Å². The van der Waals surface area contributed by atoms with E-state index in [1.54, 1.807) is 12.1 Å². The maximum absolute atomic E-state index is 11.2. The molecule has 0 saturated carbocycles. The van der Waals surface area contributed by atoms with Gasteiger partial charge in [-0.2, -0.15) is 0 Å². The van der Waals surface area contributed by atoms with E-state index in [1.807, 2.05) is 6.92 Å². The highest BCUT2D eigenvalue weighted by Crippen LogP contribution is 2.52. The number of aryl methyl sites for hydroxylation is 1. The van der Waals surface area contributed by atoms with Crippen LogP contribution in [0, 0.1) is 27.2 Å². The molecule has 0 fully saturated rings. The molecule has 1 heterocycles. The van der Waals surface area contributed by atoms with Gasteiger partial charge in [0, 0.05) is 11.0 Å². The molecule has 2 aromatic rings. The van der Waals surface area contributed by atoms with Crippen LogP contribution in [0.1, 0.15) is 5.56 Å². The molecule has 9 heteroatoms. The summed E-state index contributed by atoms with van der Waals surface area (Å²) in [5, 5.41) is 25.7. The first-order valence-corrected chi connectivity index (χ1v) is 7.28. The molecule has 0 aliphatic carbocycles. The van der Waals surface area contributed by atoms with Crippen LogP contribution < -0.4 is 5.32 Å².